The third-order valence-electron chi connectivity index (χ3n) is 2.79. The fourth-order valence-electron chi connectivity index (χ4n) is 1.78. The van der Waals surface area contributed by atoms with Crippen molar-refractivity contribution in [3.8, 4) is 0 Å². The summed E-state index contributed by atoms with van der Waals surface area (Å²) in [5.74, 6) is -1.85. The summed E-state index contributed by atoms with van der Waals surface area (Å²) in [6, 6.07) is 1.73. The first kappa shape index (κ1) is 16.1. The summed E-state index contributed by atoms with van der Waals surface area (Å²) < 4.78 is 25.8. The Morgan fingerprint density at radius 2 is 2.00 bits per heavy atom. The third kappa shape index (κ3) is 4.04. The summed E-state index contributed by atoms with van der Waals surface area (Å²) in [6.07, 6.45) is -1.24. The van der Waals surface area contributed by atoms with Gasteiger partial charge in [-0.25, -0.2) is 13.6 Å². The van der Waals surface area contributed by atoms with E-state index in [0.717, 1.165) is 4.57 Å². The molecule has 1 aromatic rings. The molecule has 0 spiro atoms. The molecule has 0 aliphatic rings. The van der Waals surface area contributed by atoms with Crippen LogP contribution in [-0.4, -0.2) is 34.0 Å². The first-order valence-corrected chi connectivity index (χ1v) is 6.10. The van der Waals surface area contributed by atoms with Gasteiger partial charge in [-0.3, -0.25) is 4.79 Å². The predicted octanol–water partition coefficient (Wildman–Crippen LogP) is 1.98. The van der Waals surface area contributed by atoms with E-state index in [1.807, 2.05) is 0 Å². The first-order chi connectivity index (χ1) is 9.12. The quantitative estimate of drug-likeness (QED) is 0.870. The zero-order valence-corrected chi connectivity index (χ0v) is 11.6. The molecular weight excluding hydrogens is 270 g/mol. The lowest BCUT2D eigenvalue weighted by Crippen LogP contribution is -2.49. The Labute approximate surface area is 115 Å². The summed E-state index contributed by atoms with van der Waals surface area (Å²) in [5, 5.41) is 11.5. The summed E-state index contributed by atoms with van der Waals surface area (Å²) in [6.45, 7) is 4.40. The van der Waals surface area contributed by atoms with Gasteiger partial charge in [0.1, 0.15) is 11.7 Å². The maximum absolute atomic E-state index is 12.4. The van der Waals surface area contributed by atoms with Crippen LogP contribution in [0.25, 0.3) is 0 Å². The van der Waals surface area contributed by atoms with Gasteiger partial charge in [-0.15, -0.1) is 0 Å². The molecule has 0 saturated carbocycles. The van der Waals surface area contributed by atoms with Crippen molar-refractivity contribution >= 4 is 11.9 Å². The van der Waals surface area contributed by atoms with E-state index < -0.39 is 36.3 Å². The number of aliphatic carboxylic acids is 1. The van der Waals surface area contributed by atoms with Crippen molar-refractivity contribution in [2.75, 3.05) is 0 Å². The molecular formula is C13H18F2N2O3. The van der Waals surface area contributed by atoms with Crippen LogP contribution in [0.15, 0.2) is 18.3 Å². The van der Waals surface area contributed by atoms with Crippen LogP contribution >= 0.6 is 0 Å². The molecule has 0 bridgehead atoms. The Kier molecular flexibility index (Phi) is 4.86. The van der Waals surface area contributed by atoms with E-state index in [1.165, 1.54) is 18.3 Å². The van der Waals surface area contributed by atoms with Crippen LogP contribution < -0.4 is 5.32 Å². The van der Waals surface area contributed by atoms with Gasteiger partial charge in [0.15, 0.2) is 0 Å². The fraction of sp³-hybridized carbons (Fsp3) is 0.538. The van der Waals surface area contributed by atoms with Crippen molar-refractivity contribution in [1.82, 2.24) is 9.88 Å². The van der Waals surface area contributed by atoms with Gasteiger partial charge < -0.3 is 15.0 Å². The number of nitrogens with zero attached hydrogens (tertiary/aromatic N) is 1. The van der Waals surface area contributed by atoms with Crippen molar-refractivity contribution in [2.24, 2.45) is 5.41 Å². The Bertz CT molecular complexity index is 492. The number of alkyl halides is 2. The Hall–Kier alpha value is -1.92. The van der Waals surface area contributed by atoms with Gasteiger partial charge in [-0.2, -0.15) is 0 Å². The zero-order chi connectivity index (χ0) is 15.5. The van der Waals surface area contributed by atoms with Gasteiger partial charge in [0, 0.05) is 6.20 Å². The maximum Gasteiger partial charge on any atom is 0.326 e. The highest BCUT2D eigenvalue weighted by Gasteiger charge is 2.33. The maximum atomic E-state index is 12.4. The van der Waals surface area contributed by atoms with Crippen LogP contribution in [0.5, 0.6) is 0 Å². The van der Waals surface area contributed by atoms with Gasteiger partial charge in [0.05, 0.1) is 6.54 Å². The molecule has 0 fully saturated rings. The average Bonchev–Trinajstić information content (AvgIpc) is 2.70. The molecule has 1 rings (SSSR count). The van der Waals surface area contributed by atoms with E-state index in [2.05, 4.69) is 5.32 Å². The van der Waals surface area contributed by atoms with Crippen molar-refractivity contribution in [2.45, 2.75) is 39.8 Å². The lowest BCUT2D eigenvalue weighted by Gasteiger charge is -2.27. The first-order valence-electron chi connectivity index (χ1n) is 6.10. The summed E-state index contributed by atoms with van der Waals surface area (Å²) in [7, 11) is 0. The molecule has 0 radical (unpaired) electrons. The van der Waals surface area contributed by atoms with Crippen LogP contribution in [0.3, 0.4) is 0 Å². The zero-order valence-electron chi connectivity index (χ0n) is 11.6. The molecule has 1 amide bonds. The number of carbonyl (C=O) groups excluding carboxylic acids is 1. The molecule has 112 valence electrons. The Morgan fingerprint density at radius 1 is 1.40 bits per heavy atom. The number of carbonyl (C=O) groups is 2. The van der Waals surface area contributed by atoms with Crippen molar-refractivity contribution in [3.63, 3.8) is 0 Å². The Morgan fingerprint density at radius 3 is 2.45 bits per heavy atom. The summed E-state index contributed by atoms with van der Waals surface area (Å²) in [5.41, 5.74) is -0.678. The van der Waals surface area contributed by atoms with Gasteiger partial charge >= 0.3 is 5.97 Å². The molecule has 0 aliphatic carbocycles. The summed E-state index contributed by atoms with van der Waals surface area (Å²) >= 11 is 0. The lowest BCUT2D eigenvalue weighted by molar-refractivity contribution is -0.142. The molecule has 0 aromatic carbocycles. The van der Waals surface area contributed by atoms with Crippen LogP contribution in [0.1, 0.15) is 31.3 Å². The number of nitrogens with one attached hydrogen (secondary N) is 1. The van der Waals surface area contributed by atoms with E-state index in [0.29, 0.717) is 0 Å². The van der Waals surface area contributed by atoms with Crippen molar-refractivity contribution in [3.05, 3.63) is 24.0 Å². The monoisotopic (exact) mass is 288 g/mol. The minimum absolute atomic E-state index is 0.0146. The number of carboxylic acids is 1. The molecule has 0 saturated heterocycles. The molecule has 0 aliphatic heterocycles. The lowest BCUT2D eigenvalue weighted by atomic mass is 9.86. The minimum atomic E-state index is -2.59. The minimum Gasteiger partial charge on any atom is -0.480 e. The van der Waals surface area contributed by atoms with Crippen molar-refractivity contribution in [1.29, 1.82) is 0 Å². The molecule has 2 N–H and O–H groups in total. The van der Waals surface area contributed by atoms with E-state index in [4.69, 9.17) is 5.11 Å². The molecule has 20 heavy (non-hydrogen) atoms. The highest BCUT2D eigenvalue weighted by atomic mass is 19.3. The topological polar surface area (TPSA) is 71.3 Å². The highest BCUT2D eigenvalue weighted by molar-refractivity contribution is 5.95. The van der Waals surface area contributed by atoms with Crippen LogP contribution in [0.2, 0.25) is 0 Å². The van der Waals surface area contributed by atoms with E-state index in [1.54, 1.807) is 20.8 Å². The van der Waals surface area contributed by atoms with E-state index >= 15 is 0 Å². The van der Waals surface area contributed by atoms with E-state index in [-0.39, 0.29) is 5.69 Å². The molecule has 1 heterocycles. The smallest absolute Gasteiger partial charge is 0.326 e. The second-order valence-corrected chi connectivity index (χ2v) is 5.55. The van der Waals surface area contributed by atoms with Gasteiger partial charge in [-0.1, -0.05) is 20.8 Å². The number of carboxylic acid groups (broad SMARTS) is 1. The second kappa shape index (κ2) is 6.02. The van der Waals surface area contributed by atoms with Crippen LogP contribution in [0.4, 0.5) is 8.78 Å². The number of amides is 1. The summed E-state index contributed by atoms with van der Waals surface area (Å²) in [4.78, 5) is 23.2. The van der Waals surface area contributed by atoms with E-state index in [9.17, 15) is 18.4 Å². The molecule has 5 nitrogen and oxygen atoms in total. The number of aromatic nitrogens is 1. The van der Waals surface area contributed by atoms with Crippen molar-refractivity contribution < 1.29 is 23.5 Å². The number of hydrogen-bond donors (Lipinski definition) is 2. The molecule has 0 unspecified atom stereocenters. The largest absolute Gasteiger partial charge is 0.480 e. The van der Waals surface area contributed by atoms with Crippen LogP contribution in [0, 0.1) is 5.41 Å². The van der Waals surface area contributed by atoms with Crippen LogP contribution in [-0.2, 0) is 11.3 Å². The molecule has 1 atom stereocenters. The average molecular weight is 288 g/mol. The highest BCUT2D eigenvalue weighted by Crippen LogP contribution is 2.20. The molecule has 7 heteroatoms. The third-order valence-corrected chi connectivity index (χ3v) is 2.79. The normalized spacial score (nSPS) is 13.3. The fourth-order valence-corrected chi connectivity index (χ4v) is 1.78. The number of rotatable bonds is 5. The standard InChI is InChI=1S/C13H18F2N2O3/c1-13(2,3)10(12(19)20)16-11(18)8-5-4-6-17(8)7-9(14)15/h4-6,9-10H,7H2,1-3H3,(H,16,18)(H,19,20)/t10-/m1/s1. The van der Waals surface area contributed by atoms with Gasteiger partial charge in [0.2, 0.25) is 0 Å². The Balaban J connectivity index is 2.90. The van der Waals surface area contributed by atoms with Gasteiger partial charge in [0.25, 0.3) is 12.3 Å². The number of halogens is 2. The number of hydrogen-bond acceptors (Lipinski definition) is 2. The SMILES string of the molecule is CC(C)(C)[C@H](NC(=O)c1cccn1CC(F)F)C(=O)O. The second-order valence-electron chi connectivity index (χ2n) is 5.55. The van der Waals surface area contributed by atoms with Gasteiger partial charge in [-0.05, 0) is 17.5 Å². The molecule has 1 aromatic heterocycles. The predicted molar refractivity (Wildman–Crippen MR) is 68.8 cm³/mol.